The average molecular weight is 198 g/mol. The van der Waals surface area contributed by atoms with E-state index in [1.165, 1.54) is 25.7 Å². The number of nitrogens with one attached hydrogen (secondary N) is 2. The molecule has 2 nitrogen and oxygen atoms in total. The van der Waals surface area contributed by atoms with Gasteiger partial charge in [0.25, 0.3) is 0 Å². The predicted octanol–water partition coefficient (Wildman–Crippen LogP) is 2.23. The van der Waals surface area contributed by atoms with E-state index in [2.05, 4.69) is 34.8 Å². The molecule has 0 aromatic carbocycles. The van der Waals surface area contributed by atoms with Crippen LogP contribution in [0.4, 0.5) is 0 Å². The third-order valence-corrected chi connectivity index (χ3v) is 4.12. The van der Waals surface area contributed by atoms with Crippen LogP contribution in [0.3, 0.4) is 0 Å². The summed E-state index contributed by atoms with van der Waals surface area (Å²) < 4.78 is 0. The number of hydrogen-bond donors (Lipinski definition) is 2. The molecule has 2 N–H and O–H groups in total. The molecule has 1 spiro atoms. The van der Waals surface area contributed by atoms with Crippen molar-refractivity contribution in [3.05, 3.63) is 47.0 Å². The molecule has 0 amide bonds. The maximum absolute atomic E-state index is 3.22. The Hall–Kier alpha value is -1.44. The zero-order chi connectivity index (χ0) is 9.88. The number of aromatic amines is 2. The number of hydrogen-bond acceptors (Lipinski definition) is 0. The van der Waals surface area contributed by atoms with Crippen LogP contribution in [0, 0.1) is 5.41 Å². The fourth-order valence-corrected chi connectivity index (χ4v) is 3.51. The summed E-state index contributed by atoms with van der Waals surface area (Å²) in [5, 5.41) is 0. The van der Waals surface area contributed by atoms with Crippen LogP contribution in [0.2, 0.25) is 0 Å². The number of fused-ring (bicyclic) bond motifs is 2. The normalized spacial score (nSPS) is 20.8. The minimum atomic E-state index is 0.527. The lowest BCUT2D eigenvalue weighted by molar-refractivity contribution is 0.324. The van der Waals surface area contributed by atoms with E-state index in [0.717, 1.165) is 0 Å². The standard InChI is InChI=1S/C13H14N2/c1-9-5-14-6-10(9)2-13(1)3-11-7-15-8-12(11)4-13/h5-8,14-15H,1-4H2. The Labute approximate surface area is 88.7 Å². The predicted molar refractivity (Wildman–Crippen MR) is 58.8 cm³/mol. The van der Waals surface area contributed by atoms with Gasteiger partial charge in [0.15, 0.2) is 0 Å². The Balaban J connectivity index is 1.72. The first-order chi connectivity index (χ1) is 7.35. The van der Waals surface area contributed by atoms with Crippen LogP contribution in [0.15, 0.2) is 24.8 Å². The van der Waals surface area contributed by atoms with Gasteiger partial charge in [0.1, 0.15) is 0 Å². The van der Waals surface area contributed by atoms with E-state index in [9.17, 15) is 0 Å². The van der Waals surface area contributed by atoms with Crippen LogP contribution >= 0.6 is 0 Å². The third-order valence-electron chi connectivity index (χ3n) is 4.12. The fourth-order valence-electron chi connectivity index (χ4n) is 3.51. The van der Waals surface area contributed by atoms with Gasteiger partial charge in [-0.1, -0.05) is 0 Å². The number of rotatable bonds is 0. The molecule has 2 aliphatic carbocycles. The smallest absolute Gasteiger partial charge is 0.00404 e. The lowest BCUT2D eigenvalue weighted by Gasteiger charge is -2.22. The Bertz CT molecular complexity index is 425. The molecule has 2 aromatic heterocycles. The van der Waals surface area contributed by atoms with Crippen molar-refractivity contribution in [3.63, 3.8) is 0 Å². The van der Waals surface area contributed by atoms with E-state index in [1.54, 1.807) is 22.3 Å². The molecule has 0 saturated heterocycles. The van der Waals surface area contributed by atoms with Gasteiger partial charge in [0, 0.05) is 24.8 Å². The van der Waals surface area contributed by atoms with E-state index < -0.39 is 0 Å². The molecule has 2 heterocycles. The monoisotopic (exact) mass is 198 g/mol. The van der Waals surface area contributed by atoms with Crippen LogP contribution in [0.5, 0.6) is 0 Å². The molecule has 76 valence electrons. The second kappa shape index (κ2) is 2.38. The second-order valence-corrected chi connectivity index (χ2v) is 5.22. The van der Waals surface area contributed by atoms with E-state index >= 15 is 0 Å². The topological polar surface area (TPSA) is 31.6 Å². The van der Waals surface area contributed by atoms with Crippen molar-refractivity contribution >= 4 is 0 Å². The van der Waals surface area contributed by atoms with Crippen LogP contribution < -0.4 is 0 Å². The Morgan fingerprint density at radius 1 is 0.667 bits per heavy atom. The van der Waals surface area contributed by atoms with E-state index in [-0.39, 0.29) is 0 Å². The van der Waals surface area contributed by atoms with Gasteiger partial charge in [-0.3, -0.25) is 0 Å². The van der Waals surface area contributed by atoms with Gasteiger partial charge in [-0.2, -0.15) is 0 Å². The Kier molecular flexibility index (Phi) is 1.24. The van der Waals surface area contributed by atoms with Gasteiger partial charge in [0.05, 0.1) is 0 Å². The quantitative estimate of drug-likeness (QED) is 0.650. The molecule has 0 fully saturated rings. The highest BCUT2D eigenvalue weighted by molar-refractivity contribution is 5.40. The van der Waals surface area contributed by atoms with Crippen LogP contribution in [0.1, 0.15) is 22.3 Å². The highest BCUT2D eigenvalue weighted by Crippen LogP contribution is 2.46. The first kappa shape index (κ1) is 7.80. The molecule has 0 atom stereocenters. The van der Waals surface area contributed by atoms with Gasteiger partial charge < -0.3 is 9.97 Å². The van der Waals surface area contributed by atoms with Crippen molar-refractivity contribution in [1.82, 2.24) is 9.97 Å². The minimum Gasteiger partial charge on any atom is -0.367 e. The van der Waals surface area contributed by atoms with E-state index in [4.69, 9.17) is 0 Å². The molecule has 15 heavy (non-hydrogen) atoms. The molecule has 0 aliphatic heterocycles. The molecule has 0 radical (unpaired) electrons. The number of aromatic nitrogens is 2. The fraction of sp³-hybridized carbons (Fsp3) is 0.385. The summed E-state index contributed by atoms with van der Waals surface area (Å²) in [5.74, 6) is 0. The van der Waals surface area contributed by atoms with Crippen LogP contribution in [-0.4, -0.2) is 9.97 Å². The first-order valence-corrected chi connectivity index (χ1v) is 5.64. The largest absolute Gasteiger partial charge is 0.367 e. The van der Waals surface area contributed by atoms with Gasteiger partial charge in [-0.25, -0.2) is 0 Å². The zero-order valence-electron chi connectivity index (χ0n) is 8.64. The summed E-state index contributed by atoms with van der Waals surface area (Å²) in [7, 11) is 0. The van der Waals surface area contributed by atoms with Crippen molar-refractivity contribution in [3.8, 4) is 0 Å². The molecule has 2 aromatic rings. The van der Waals surface area contributed by atoms with Crippen molar-refractivity contribution < 1.29 is 0 Å². The van der Waals surface area contributed by atoms with Gasteiger partial charge in [-0.15, -0.1) is 0 Å². The van der Waals surface area contributed by atoms with E-state index in [1.807, 2.05) is 0 Å². The number of H-pyrrole nitrogens is 2. The molecule has 0 unspecified atom stereocenters. The SMILES string of the molecule is c1[nH]cc2c1CC1(C2)Cc2c[nH]cc2C1. The summed E-state index contributed by atoms with van der Waals surface area (Å²) in [6.45, 7) is 0. The first-order valence-electron chi connectivity index (χ1n) is 5.64. The van der Waals surface area contributed by atoms with Crippen LogP contribution in [0.25, 0.3) is 0 Å². The Morgan fingerprint density at radius 2 is 1.00 bits per heavy atom. The summed E-state index contributed by atoms with van der Waals surface area (Å²) in [6, 6.07) is 0. The Morgan fingerprint density at radius 3 is 1.33 bits per heavy atom. The molecule has 2 heteroatoms. The molecular formula is C13H14N2. The van der Waals surface area contributed by atoms with Crippen molar-refractivity contribution in [2.75, 3.05) is 0 Å². The summed E-state index contributed by atoms with van der Waals surface area (Å²) in [4.78, 5) is 6.43. The lowest BCUT2D eigenvalue weighted by atomic mass is 9.82. The van der Waals surface area contributed by atoms with Gasteiger partial charge in [0.2, 0.25) is 0 Å². The van der Waals surface area contributed by atoms with E-state index in [0.29, 0.717) is 5.41 Å². The summed E-state index contributed by atoms with van der Waals surface area (Å²) in [5.41, 5.74) is 6.71. The molecular weight excluding hydrogens is 184 g/mol. The van der Waals surface area contributed by atoms with Crippen LogP contribution in [-0.2, 0) is 25.7 Å². The van der Waals surface area contributed by atoms with Crippen molar-refractivity contribution in [2.24, 2.45) is 5.41 Å². The minimum absolute atomic E-state index is 0.527. The highest BCUT2D eigenvalue weighted by Gasteiger charge is 2.42. The summed E-state index contributed by atoms with van der Waals surface area (Å²) >= 11 is 0. The third kappa shape index (κ3) is 0.942. The maximum Gasteiger partial charge on any atom is 0.00404 e. The maximum atomic E-state index is 3.22. The molecule has 2 aliphatic rings. The molecule has 4 rings (SSSR count). The second-order valence-electron chi connectivity index (χ2n) is 5.22. The van der Waals surface area contributed by atoms with Crippen molar-refractivity contribution in [2.45, 2.75) is 25.7 Å². The average Bonchev–Trinajstić information content (AvgIpc) is 2.84. The van der Waals surface area contributed by atoms with Gasteiger partial charge >= 0.3 is 0 Å². The highest BCUT2D eigenvalue weighted by atomic mass is 14.7. The molecule has 0 bridgehead atoms. The van der Waals surface area contributed by atoms with Gasteiger partial charge in [-0.05, 0) is 53.4 Å². The molecule has 0 saturated carbocycles. The summed E-state index contributed by atoms with van der Waals surface area (Å²) in [6.07, 6.45) is 13.8. The lowest BCUT2D eigenvalue weighted by Crippen LogP contribution is -2.22. The zero-order valence-corrected chi connectivity index (χ0v) is 8.64. The van der Waals surface area contributed by atoms with Crippen molar-refractivity contribution in [1.29, 1.82) is 0 Å².